The number of carbonyl (C=O) groups is 2. The van der Waals surface area contributed by atoms with Gasteiger partial charge >= 0.3 is 0 Å². The number of benzene rings is 1. The fourth-order valence-corrected chi connectivity index (χ4v) is 5.14. The van der Waals surface area contributed by atoms with Crippen LogP contribution in [0, 0.1) is 5.41 Å². The zero-order valence-electron chi connectivity index (χ0n) is 17.4. The Kier molecular flexibility index (Phi) is 6.34. The summed E-state index contributed by atoms with van der Waals surface area (Å²) in [6, 6.07) is 10.1. The highest BCUT2D eigenvalue weighted by Crippen LogP contribution is 2.47. The third kappa shape index (κ3) is 4.40. The van der Waals surface area contributed by atoms with Crippen LogP contribution in [0.3, 0.4) is 0 Å². The average Bonchev–Trinajstić information content (AvgIpc) is 3.27. The lowest BCUT2D eigenvalue weighted by Gasteiger charge is -2.46. The summed E-state index contributed by atoms with van der Waals surface area (Å²) in [5.41, 5.74) is 1.52. The number of amides is 2. The molecule has 5 heteroatoms. The zero-order valence-corrected chi connectivity index (χ0v) is 17.4. The minimum atomic E-state index is -0.533. The third-order valence-electron chi connectivity index (χ3n) is 6.75. The second-order valence-corrected chi connectivity index (χ2v) is 8.69. The van der Waals surface area contributed by atoms with E-state index in [1.807, 2.05) is 35.2 Å². The molecule has 2 aliphatic heterocycles. The molecule has 156 valence electrons. The van der Waals surface area contributed by atoms with Gasteiger partial charge in [0.2, 0.25) is 11.8 Å². The Hall–Kier alpha value is -2.14. The molecule has 0 saturated carbocycles. The zero-order chi connectivity index (χ0) is 20.1. The van der Waals surface area contributed by atoms with Gasteiger partial charge in [0.05, 0.1) is 12.0 Å². The molecule has 4 rings (SSSR count). The Morgan fingerprint density at radius 1 is 1.07 bits per heavy atom. The lowest BCUT2D eigenvalue weighted by atomic mass is 9.69. The number of rotatable bonds is 7. The molecule has 5 nitrogen and oxygen atoms in total. The van der Waals surface area contributed by atoms with Gasteiger partial charge in [-0.1, -0.05) is 36.4 Å². The molecule has 1 atom stereocenters. The van der Waals surface area contributed by atoms with Crippen LogP contribution in [-0.2, 0) is 16.1 Å². The van der Waals surface area contributed by atoms with Crippen molar-refractivity contribution in [3.63, 3.8) is 0 Å². The Balaban J connectivity index is 1.43. The topological polar surface area (TPSA) is 52.7 Å². The van der Waals surface area contributed by atoms with E-state index >= 15 is 0 Å². The van der Waals surface area contributed by atoms with Crippen molar-refractivity contribution in [1.82, 2.24) is 15.1 Å². The molecule has 29 heavy (non-hydrogen) atoms. The first-order valence-corrected chi connectivity index (χ1v) is 11.2. The normalized spacial score (nSPS) is 24.9. The molecular weight excluding hydrogens is 362 g/mol. The van der Waals surface area contributed by atoms with Crippen molar-refractivity contribution in [2.45, 2.75) is 57.9 Å². The van der Waals surface area contributed by atoms with Crippen molar-refractivity contribution >= 4 is 11.8 Å². The van der Waals surface area contributed by atoms with Gasteiger partial charge in [-0.05, 0) is 70.1 Å². The molecule has 3 aliphatic rings. The summed E-state index contributed by atoms with van der Waals surface area (Å²) < 4.78 is 0. The molecule has 0 bridgehead atoms. The van der Waals surface area contributed by atoms with Gasteiger partial charge in [0.1, 0.15) is 0 Å². The standard InChI is InChI=1S/C24H33N3O2/c28-22-12-14-24(23(29)25-15-8-18-26-16-6-7-17-26)13-5-4-11-21(24)27(22)19-20-9-2-1-3-10-20/h1-3,9-11H,4-8,12-19H2,(H,25,29). The summed E-state index contributed by atoms with van der Waals surface area (Å²) in [4.78, 5) is 30.5. The van der Waals surface area contributed by atoms with Crippen LogP contribution in [0.1, 0.15) is 56.9 Å². The SMILES string of the molecule is O=C1CCC2(C(=O)NCCCN3CCCC3)CCCC=C2N1Cc1ccccc1. The van der Waals surface area contributed by atoms with Gasteiger partial charge in [-0.3, -0.25) is 9.59 Å². The van der Waals surface area contributed by atoms with Crippen molar-refractivity contribution in [1.29, 1.82) is 0 Å². The van der Waals surface area contributed by atoms with Crippen LogP contribution in [0.25, 0.3) is 0 Å². The lowest BCUT2D eigenvalue weighted by molar-refractivity contribution is -0.141. The molecule has 2 amide bonds. The summed E-state index contributed by atoms with van der Waals surface area (Å²) in [5, 5.41) is 3.22. The van der Waals surface area contributed by atoms with E-state index in [1.165, 1.54) is 25.9 Å². The fraction of sp³-hybridized carbons (Fsp3) is 0.583. The van der Waals surface area contributed by atoms with Gasteiger partial charge in [0.25, 0.3) is 0 Å². The Morgan fingerprint density at radius 2 is 1.86 bits per heavy atom. The smallest absolute Gasteiger partial charge is 0.232 e. The molecule has 2 heterocycles. The molecule has 2 saturated heterocycles. The second kappa shape index (κ2) is 9.12. The lowest BCUT2D eigenvalue weighted by Crippen LogP contribution is -2.52. The van der Waals surface area contributed by atoms with E-state index < -0.39 is 5.41 Å². The van der Waals surface area contributed by atoms with E-state index in [1.54, 1.807) is 0 Å². The first-order chi connectivity index (χ1) is 14.2. The van der Waals surface area contributed by atoms with Crippen LogP contribution in [0.5, 0.6) is 0 Å². The number of nitrogens with one attached hydrogen (secondary N) is 1. The number of nitrogens with zero attached hydrogens (tertiary/aromatic N) is 2. The maximum Gasteiger partial charge on any atom is 0.232 e. The van der Waals surface area contributed by atoms with Gasteiger partial charge in [0, 0.05) is 18.7 Å². The van der Waals surface area contributed by atoms with Crippen molar-refractivity contribution in [2.75, 3.05) is 26.2 Å². The number of piperidine rings is 1. The van der Waals surface area contributed by atoms with E-state index in [9.17, 15) is 9.59 Å². The van der Waals surface area contributed by atoms with Gasteiger partial charge in [0.15, 0.2) is 0 Å². The molecule has 1 aromatic carbocycles. The van der Waals surface area contributed by atoms with E-state index in [0.29, 0.717) is 19.4 Å². The van der Waals surface area contributed by atoms with E-state index in [2.05, 4.69) is 16.3 Å². The maximum atomic E-state index is 13.4. The van der Waals surface area contributed by atoms with E-state index in [0.717, 1.165) is 50.0 Å². The first-order valence-electron chi connectivity index (χ1n) is 11.2. The van der Waals surface area contributed by atoms with Gasteiger partial charge in [-0.25, -0.2) is 0 Å². The highest BCUT2D eigenvalue weighted by atomic mass is 16.2. The Morgan fingerprint density at radius 3 is 2.66 bits per heavy atom. The molecule has 1 unspecified atom stereocenters. The van der Waals surface area contributed by atoms with Crippen LogP contribution < -0.4 is 5.32 Å². The second-order valence-electron chi connectivity index (χ2n) is 8.69. The van der Waals surface area contributed by atoms with Crippen molar-refractivity contribution < 1.29 is 9.59 Å². The van der Waals surface area contributed by atoms with Gasteiger partial charge in [-0.15, -0.1) is 0 Å². The Labute approximate surface area is 174 Å². The third-order valence-corrected chi connectivity index (χ3v) is 6.75. The predicted molar refractivity (Wildman–Crippen MR) is 114 cm³/mol. The van der Waals surface area contributed by atoms with Crippen LogP contribution in [0.15, 0.2) is 42.1 Å². The van der Waals surface area contributed by atoms with Crippen LogP contribution in [0.4, 0.5) is 0 Å². The molecule has 1 aliphatic carbocycles. The minimum Gasteiger partial charge on any atom is -0.355 e. The minimum absolute atomic E-state index is 0.121. The predicted octanol–water partition coefficient (Wildman–Crippen LogP) is 3.47. The molecule has 0 radical (unpaired) electrons. The average molecular weight is 396 g/mol. The molecular formula is C24H33N3O2. The molecule has 1 aromatic rings. The number of allylic oxidation sites excluding steroid dienone is 1. The van der Waals surface area contributed by atoms with Crippen molar-refractivity contribution in [2.24, 2.45) is 5.41 Å². The Bertz CT molecular complexity index is 755. The van der Waals surface area contributed by atoms with Crippen LogP contribution in [-0.4, -0.2) is 47.8 Å². The fourth-order valence-electron chi connectivity index (χ4n) is 5.14. The highest BCUT2D eigenvalue weighted by Gasteiger charge is 2.49. The number of hydrogen-bond donors (Lipinski definition) is 1. The van der Waals surface area contributed by atoms with Crippen LogP contribution >= 0.6 is 0 Å². The molecule has 0 aromatic heterocycles. The maximum absolute atomic E-state index is 13.4. The monoisotopic (exact) mass is 395 g/mol. The van der Waals surface area contributed by atoms with Gasteiger partial charge in [-0.2, -0.15) is 0 Å². The first kappa shape index (κ1) is 20.1. The van der Waals surface area contributed by atoms with Crippen molar-refractivity contribution in [3.05, 3.63) is 47.7 Å². The van der Waals surface area contributed by atoms with Gasteiger partial charge < -0.3 is 15.1 Å². The summed E-state index contributed by atoms with van der Waals surface area (Å²) in [6.07, 6.45) is 9.63. The molecule has 1 N–H and O–H groups in total. The quantitative estimate of drug-likeness (QED) is 0.720. The van der Waals surface area contributed by atoms with E-state index in [4.69, 9.17) is 0 Å². The molecule has 2 fully saturated rings. The summed E-state index contributed by atoms with van der Waals surface area (Å²) in [6.45, 7) is 4.73. The number of hydrogen-bond acceptors (Lipinski definition) is 3. The summed E-state index contributed by atoms with van der Waals surface area (Å²) >= 11 is 0. The molecule has 0 spiro atoms. The van der Waals surface area contributed by atoms with E-state index in [-0.39, 0.29) is 11.8 Å². The van der Waals surface area contributed by atoms with Crippen LogP contribution in [0.2, 0.25) is 0 Å². The number of carbonyl (C=O) groups excluding carboxylic acids is 2. The summed E-state index contributed by atoms with van der Waals surface area (Å²) in [5.74, 6) is 0.259. The number of likely N-dealkylation sites (tertiary alicyclic amines) is 2. The largest absolute Gasteiger partial charge is 0.355 e. The highest BCUT2D eigenvalue weighted by molar-refractivity contribution is 5.91. The van der Waals surface area contributed by atoms with Crippen molar-refractivity contribution in [3.8, 4) is 0 Å². The number of fused-ring (bicyclic) bond motifs is 1. The summed E-state index contributed by atoms with van der Waals surface area (Å²) in [7, 11) is 0.